The number of rotatable bonds is 3. The molecule has 0 radical (unpaired) electrons. The first-order valence-electron chi connectivity index (χ1n) is 7.15. The van der Waals surface area contributed by atoms with E-state index in [4.69, 9.17) is 0 Å². The number of aryl methyl sites for hydroxylation is 1. The quantitative estimate of drug-likeness (QED) is 0.947. The van der Waals surface area contributed by atoms with Crippen LogP contribution in [0.25, 0.3) is 0 Å². The van der Waals surface area contributed by atoms with Crippen molar-refractivity contribution in [2.24, 2.45) is 5.92 Å². The van der Waals surface area contributed by atoms with E-state index in [-0.39, 0.29) is 12.5 Å². The van der Waals surface area contributed by atoms with E-state index >= 15 is 0 Å². The normalized spacial score (nSPS) is 18.3. The van der Waals surface area contributed by atoms with Crippen LogP contribution >= 0.6 is 0 Å². The summed E-state index contributed by atoms with van der Waals surface area (Å²) in [5, 5.41) is 13.6. The lowest BCUT2D eigenvalue weighted by Crippen LogP contribution is -2.23. The van der Waals surface area contributed by atoms with Gasteiger partial charge < -0.3 is 5.11 Å². The lowest BCUT2D eigenvalue weighted by Gasteiger charge is -2.19. The summed E-state index contributed by atoms with van der Waals surface area (Å²) in [5.41, 5.74) is 0.0915. The van der Waals surface area contributed by atoms with E-state index in [1.165, 1.54) is 12.1 Å². The SMILES string of the molecule is OCC1CCc2nc(Cc3ccc(C(F)(F)F)cc3)nn2C1. The Labute approximate surface area is 125 Å². The summed E-state index contributed by atoms with van der Waals surface area (Å²) in [5.74, 6) is 1.69. The lowest BCUT2D eigenvalue weighted by molar-refractivity contribution is -0.137. The van der Waals surface area contributed by atoms with E-state index in [0.717, 1.165) is 36.4 Å². The molecule has 1 N–H and O–H groups in total. The van der Waals surface area contributed by atoms with Crippen molar-refractivity contribution < 1.29 is 18.3 Å². The van der Waals surface area contributed by atoms with Crippen molar-refractivity contribution in [3.8, 4) is 0 Å². The molecule has 2 heterocycles. The van der Waals surface area contributed by atoms with Gasteiger partial charge in [0.15, 0.2) is 5.82 Å². The van der Waals surface area contributed by atoms with Crippen LogP contribution in [0.3, 0.4) is 0 Å². The Morgan fingerprint density at radius 2 is 1.95 bits per heavy atom. The predicted octanol–water partition coefficient (Wildman–Crippen LogP) is 2.44. The van der Waals surface area contributed by atoms with Gasteiger partial charge in [0.1, 0.15) is 5.82 Å². The molecular formula is C15H16F3N3O. The number of aromatic nitrogens is 3. The fourth-order valence-corrected chi connectivity index (χ4v) is 2.64. The van der Waals surface area contributed by atoms with Crippen LogP contribution in [0.5, 0.6) is 0 Å². The third kappa shape index (κ3) is 3.14. The molecule has 1 unspecified atom stereocenters. The maximum atomic E-state index is 12.5. The molecule has 1 aliphatic heterocycles. The average Bonchev–Trinajstić information content (AvgIpc) is 2.88. The van der Waals surface area contributed by atoms with Crippen LogP contribution in [0.1, 0.15) is 29.2 Å². The van der Waals surface area contributed by atoms with E-state index in [2.05, 4.69) is 10.1 Å². The topological polar surface area (TPSA) is 50.9 Å². The molecule has 22 heavy (non-hydrogen) atoms. The van der Waals surface area contributed by atoms with Crippen LogP contribution in [0.15, 0.2) is 24.3 Å². The summed E-state index contributed by atoms with van der Waals surface area (Å²) in [7, 11) is 0. The Bertz CT molecular complexity index is 649. The van der Waals surface area contributed by atoms with Gasteiger partial charge in [0.25, 0.3) is 0 Å². The van der Waals surface area contributed by atoms with Gasteiger partial charge in [0.05, 0.1) is 5.56 Å². The van der Waals surface area contributed by atoms with Gasteiger partial charge in [-0.05, 0) is 24.1 Å². The first-order valence-corrected chi connectivity index (χ1v) is 7.15. The molecule has 2 aromatic rings. The number of nitrogens with zero attached hydrogens (tertiary/aromatic N) is 3. The fourth-order valence-electron chi connectivity index (χ4n) is 2.64. The fraction of sp³-hybridized carbons (Fsp3) is 0.467. The molecule has 0 saturated carbocycles. The van der Waals surface area contributed by atoms with E-state index in [1.807, 2.05) is 0 Å². The molecule has 1 aromatic carbocycles. The summed E-state index contributed by atoms with van der Waals surface area (Å²) in [4.78, 5) is 4.43. The van der Waals surface area contributed by atoms with Crippen LogP contribution in [0.4, 0.5) is 13.2 Å². The highest BCUT2D eigenvalue weighted by molar-refractivity contribution is 5.26. The predicted molar refractivity (Wildman–Crippen MR) is 73.2 cm³/mol. The largest absolute Gasteiger partial charge is 0.416 e. The molecule has 1 atom stereocenters. The third-order valence-corrected chi connectivity index (χ3v) is 3.90. The summed E-state index contributed by atoms with van der Waals surface area (Å²) in [6.45, 7) is 0.777. The number of aliphatic hydroxyl groups is 1. The van der Waals surface area contributed by atoms with Gasteiger partial charge in [-0.3, -0.25) is 0 Å². The van der Waals surface area contributed by atoms with Crippen LogP contribution in [-0.4, -0.2) is 26.5 Å². The molecule has 1 aromatic heterocycles. The van der Waals surface area contributed by atoms with Gasteiger partial charge in [-0.15, -0.1) is 0 Å². The molecular weight excluding hydrogens is 295 g/mol. The van der Waals surface area contributed by atoms with Gasteiger partial charge in [-0.25, -0.2) is 9.67 Å². The first kappa shape index (κ1) is 15.0. The molecule has 4 nitrogen and oxygen atoms in total. The number of benzene rings is 1. The molecule has 0 spiro atoms. The minimum atomic E-state index is -4.32. The van der Waals surface area contributed by atoms with Gasteiger partial charge in [-0.1, -0.05) is 12.1 Å². The maximum Gasteiger partial charge on any atom is 0.416 e. The van der Waals surface area contributed by atoms with Crippen LogP contribution in [-0.2, 0) is 25.6 Å². The van der Waals surface area contributed by atoms with Crippen molar-refractivity contribution in [1.82, 2.24) is 14.8 Å². The molecule has 0 aliphatic carbocycles. The van der Waals surface area contributed by atoms with Gasteiger partial charge in [-0.2, -0.15) is 18.3 Å². The minimum absolute atomic E-state index is 0.132. The van der Waals surface area contributed by atoms with Crippen LogP contribution < -0.4 is 0 Å². The Morgan fingerprint density at radius 1 is 1.23 bits per heavy atom. The third-order valence-electron chi connectivity index (χ3n) is 3.90. The smallest absolute Gasteiger partial charge is 0.396 e. The molecule has 7 heteroatoms. The molecule has 3 rings (SSSR count). The zero-order chi connectivity index (χ0) is 15.7. The van der Waals surface area contributed by atoms with E-state index in [1.54, 1.807) is 4.68 Å². The van der Waals surface area contributed by atoms with Gasteiger partial charge in [0.2, 0.25) is 0 Å². The molecule has 0 amide bonds. The average molecular weight is 311 g/mol. The van der Waals surface area contributed by atoms with Crippen molar-refractivity contribution in [2.45, 2.75) is 32.0 Å². The zero-order valence-electron chi connectivity index (χ0n) is 11.8. The summed E-state index contributed by atoms with van der Waals surface area (Å²) in [6.07, 6.45) is -2.26. The maximum absolute atomic E-state index is 12.5. The zero-order valence-corrected chi connectivity index (χ0v) is 11.8. The second-order valence-corrected chi connectivity index (χ2v) is 5.59. The summed E-state index contributed by atoms with van der Waals surface area (Å²) in [6, 6.07) is 5.07. The highest BCUT2D eigenvalue weighted by Gasteiger charge is 2.30. The monoisotopic (exact) mass is 311 g/mol. The second kappa shape index (κ2) is 5.72. The van der Waals surface area contributed by atoms with E-state index in [0.29, 0.717) is 18.8 Å². The molecule has 0 bridgehead atoms. The highest BCUT2D eigenvalue weighted by atomic mass is 19.4. The summed E-state index contributed by atoms with van der Waals surface area (Å²) < 4.78 is 39.4. The minimum Gasteiger partial charge on any atom is -0.396 e. The Balaban J connectivity index is 1.73. The van der Waals surface area contributed by atoms with Crippen molar-refractivity contribution in [3.63, 3.8) is 0 Å². The number of hydrogen-bond acceptors (Lipinski definition) is 3. The Hall–Kier alpha value is -1.89. The molecule has 0 fully saturated rings. The van der Waals surface area contributed by atoms with Crippen molar-refractivity contribution >= 4 is 0 Å². The number of alkyl halides is 3. The van der Waals surface area contributed by atoms with E-state index < -0.39 is 11.7 Å². The van der Waals surface area contributed by atoms with Gasteiger partial charge in [0, 0.05) is 31.9 Å². The lowest BCUT2D eigenvalue weighted by atomic mass is 10.0. The van der Waals surface area contributed by atoms with Crippen molar-refractivity contribution in [3.05, 3.63) is 47.0 Å². The summed E-state index contributed by atoms with van der Waals surface area (Å²) >= 11 is 0. The standard InChI is InChI=1S/C15H16F3N3O/c16-15(17,18)12-4-1-10(2-5-12)7-13-19-14-6-3-11(9-22)8-21(14)20-13/h1-2,4-5,11,22H,3,6-9H2. The molecule has 118 valence electrons. The Kier molecular flexibility index (Phi) is 3.90. The molecule has 1 aliphatic rings. The number of aliphatic hydroxyl groups excluding tert-OH is 1. The van der Waals surface area contributed by atoms with Crippen molar-refractivity contribution in [2.75, 3.05) is 6.61 Å². The van der Waals surface area contributed by atoms with Crippen molar-refractivity contribution in [1.29, 1.82) is 0 Å². The first-order chi connectivity index (χ1) is 10.5. The molecule has 0 saturated heterocycles. The number of fused-ring (bicyclic) bond motifs is 1. The number of halogens is 3. The van der Waals surface area contributed by atoms with Crippen LogP contribution in [0, 0.1) is 5.92 Å². The van der Waals surface area contributed by atoms with Crippen LogP contribution in [0.2, 0.25) is 0 Å². The highest BCUT2D eigenvalue weighted by Crippen LogP contribution is 2.29. The van der Waals surface area contributed by atoms with Gasteiger partial charge >= 0.3 is 6.18 Å². The van der Waals surface area contributed by atoms with E-state index in [9.17, 15) is 18.3 Å². The number of hydrogen-bond donors (Lipinski definition) is 1. The second-order valence-electron chi connectivity index (χ2n) is 5.59. The Morgan fingerprint density at radius 3 is 2.59 bits per heavy atom.